The number of hydrogen-bond donors (Lipinski definition) is 1. The van der Waals surface area contributed by atoms with Crippen LogP contribution in [0.2, 0.25) is 0 Å². The van der Waals surface area contributed by atoms with Crippen molar-refractivity contribution in [1.29, 1.82) is 0 Å². The second-order valence-electron chi connectivity index (χ2n) is 5.72. The van der Waals surface area contributed by atoms with E-state index in [9.17, 15) is 0 Å². The van der Waals surface area contributed by atoms with Crippen molar-refractivity contribution in [1.82, 2.24) is 25.2 Å². The maximum absolute atomic E-state index is 5.96. The molecule has 0 saturated heterocycles. The molecule has 0 radical (unpaired) electrons. The first-order chi connectivity index (χ1) is 13.8. The van der Waals surface area contributed by atoms with Crippen molar-refractivity contribution < 1.29 is 9.47 Å². The number of nitrogens with one attached hydrogen (secondary N) is 1. The molecular weight excluding hydrogens is 376 g/mol. The number of ether oxygens (including phenoxy) is 2. The summed E-state index contributed by atoms with van der Waals surface area (Å²) in [4.78, 5) is 4.22. The van der Waals surface area contributed by atoms with Gasteiger partial charge in [-0.1, -0.05) is 29.4 Å². The third kappa shape index (κ3) is 4.09. The summed E-state index contributed by atoms with van der Waals surface area (Å²) in [7, 11) is 0. The van der Waals surface area contributed by atoms with Crippen molar-refractivity contribution in [2.45, 2.75) is 13.5 Å². The van der Waals surface area contributed by atoms with Gasteiger partial charge in [0.05, 0.1) is 12.3 Å². The second-order valence-corrected chi connectivity index (χ2v) is 6.61. The normalized spacial score (nSPS) is 10.6. The Balaban J connectivity index is 1.55. The summed E-state index contributed by atoms with van der Waals surface area (Å²) < 4.78 is 13.3. The lowest BCUT2D eigenvalue weighted by atomic mass is 10.2. The first kappa shape index (κ1) is 17.9. The summed E-state index contributed by atoms with van der Waals surface area (Å²) in [5.74, 6) is 1.18. The fourth-order valence-electron chi connectivity index (χ4n) is 2.58. The molecule has 0 aliphatic carbocycles. The minimum absolute atomic E-state index is 0.265. The van der Waals surface area contributed by atoms with Crippen molar-refractivity contribution in [2.24, 2.45) is 0 Å². The number of nitrogens with zero attached hydrogens (tertiary/aromatic N) is 5. The summed E-state index contributed by atoms with van der Waals surface area (Å²) in [6.45, 7) is 3.08. The van der Waals surface area contributed by atoms with Crippen LogP contribution in [0.1, 0.15) is 12.5 Å². The molecule has 0 unspecified atom stereocenters. The molecule has 142 valence electrons. The molecule has 0 bridgehead atoms. The number of hydrogen-bond acceptors (Lipinski definition) is 8. The highest BCUT2D eigenvalue weighted by molar-refractivity contribution is 7.13. The van der Waals surface area contributed by atoms with Crippen LogP contribution in [0.25, 0.3) is 5.69 Å². The van der Waals surface area contributed by atoms with Crippen LogP contribution in [0.5, 0.6) is 17.5 Å². The highest BCUT2D eigenvalue weighted by Gasteiger charge is 2.14. The van der Waals surface area contributed by atoms with Gasteiger partial charge in [0.15, 0.2) is 16.6 Å². The van der Waals surface area contributed by atoms with Crippen molar-refractivity contribution in [2.75, 3.05) is 11.9 Å². The Morgan fingerprint density at radius 1 is 1.11 bits per heavy atom. The van der Waals surface area contributed by atoms with Crippen LogP contribution < -0.4 is 14.8 Å². The molecule has 28 heavy (non-hydrogen) atoms. The molecule has 0 amide bonds. The Bertz CT molecular complexity index is 1020. The Hall–Kier alpha value is -3.46. The van der Waals surface area contributed by atoms with Crippen LogP contribution >= 0.6 is 11.3 Å². The average molecular weight is 394 g/mol. The molecule has 2 aromatic heterocycles. The van der Waals surface area contributed by atoms with Gasteiger partial charge in [-0.15, -0.1) is 11.3 Å². The molecule has 2 heterocycles. The van der Waals surface area contributed by atoms with Crippen molar-refractivity contribution in [3.63, 3.8) is 0 Å². The summed E-state index contributed by atoms with van der Waals surface area (Å²) >= 11 is 1.56. The van der Waals surface area contributed by atoms with E-state index in [2.05, 4.69) is 25.8 Å². The van der Waals surface area contributed by atoms with Crippen LogP contribution in [-0.4, -0.2) is 31.8 Å². The molecule has 0 saturated carbocycles. The van der Waals surface area contributed by atoms with E-state index in [1.165, 1.54) is 4.68 Å². The predicted molar refractivity (Wildman–Crippen MR) is 106 cm³/mol. The second kappa shape index (κ2) is 8.49. The van der Waals surface area contributed by atoms with E-state index in [4.69, 9.17) is 9.47 Å². The maximum Gasteiger partial charge on any atom is 0.346 e. The van der Waals surface area contributed by atoms with E-state index in [0.717, 1.165) is 16.4 Å². The number of rotatable bonds is 8. The lowest BCUT2D eigenvalue weighted by molar-refractivity contribution is 0.315. The van der Waals surface area contributed by atoms with E-state index < -0.39 is 0 Å². The first-order valence-electron chi connectivity index (χ1n) is 8.74. The largest absolute Gasteiger partial charge is 0.490 e. The summed E-state index contributed by atoms with van der Waals surface area (Å²) in [6.07, 6.45) is 1.77. The van der Waals surface area contributed by atoms with Gasteiger partial charge in [-0.25, -0.2) is 4.98 Å². The molecule has 8 nitrogen and oxygen atoms in total. The number of anilines is 1. The fraction of sp³-hybridized carbons (Fsp3) is 0.158. The lowest BCUT2D eigenvalue weighted by Gasteiger charge is -2.13. The summed E-state index contributed by atoms with van der Waals surface area (Å²) in [5, 5.41) is 17.8. The third-order valence-corrected chi connectivity index (χ3v) is 4.56. The number of tetrazole rings is 1. The van der Waals surface area contributed by atoms with Crippen LogP contribution in [0.4, 0.5) is 5.13 Å². The molecule has 1 N–H and O–H groups in total. The highest BCUT2D eigenvalue weighted by atomic mass is 32.1. The van der Waals surface area contributed by atoms with Crippen LogP contribution in [0.3, 0.4) is 0 Å². The molecule has 0 aliphatic rings. The molecule has 2 aromatic carbocycles. The maximum atomic E-state index is 5.96. The van der Waals surface area contributed by atoms with E-state index >= 15 is 0 Å². The molecule has 4 aromatic rings. The van der Waals surface area contributed by atoms with E-state index in [0.29, 0.717) is 24.7 Å². The standard InChI is InChI=1S/C19H18N6O2S/c1-2-26-17-12-14(13-21-18-20-10-11-28-18)8-9-16(17)27-19-22-23-24-25(19)15-6-4-3-5-7-15/h3-12H,2,13H2,1H3,(H,20,21). The minimum Gasteiger partial charge on any atom is -0.490 e. The number of thiazole rings is 1. The highest BCUT2D eigenvalue weighted by Crippen LogP contribution is 2.32. The quantitative estimate of drug-likeness (QED) is 0.485. The fourth-order valence-corrected chi connectivity index (χ4v) is 3.10. The molecule has 0 atom stereocenters. The van der Waals surface area contributed by atoms with Crippen LogP contribution in [0.15, 0.2) is 60.1 Å². The number of benzene rings is 2. The molecule has 9 heteroatoms. The third-order valence-electron chi connectivity index (χ3n) is 3.83. The molecule has 4 rings (SSSR count). The van der Waals surface area contributed by atoms with Gasteiger partial charge >= 0.3 is 6.01 Å². The summed E-state index contributed by atoms with van der Waals surface area (Å²) in [5.41, 5.74) is 1.86. The predicted octanol–water partition coefficient (Wildman–Crippen LogP) is 3.92. The Morgan fingerprint density at radius 3 is 2.79 bits per heavy atom. The van der Waals surface area contributed by atoms with Crippen LogP contribution in [-0.2, 0) is 6.54 Å². The van der Waals surface area contributed by atoms with Crippen molar-refractivity contribution in [3.8, 4) is 23.2 Å². The molecule has 0 spiro atoms. The number of para-hydroxylation sites is 1. The van der Waals surface area contributed by atoms with E-state index in [1.54, 1.807) is 17.5 Å². The van der Waals surface area contributed by atoms with Gasteiger partial charge in [0.25, 0.3) is 0 Å². The molecule has 0 fully saturated rings. The van der Waals surface area contributed by atoms with Gasteiger partial charge in [0.1, 0.15) is 0 Å². The molecule has 0 aliphatic heterocycles. The number of aromatic nitrogens is 5. The van der Waals surface area contributed by atoms with Gasteiger partial charge in [0.2, 0.25) is 0 Å². The van der Waals surface area contributed by atoms with Crippen LogP contribution in [0, 0.1) is 0 Å². The topological polar surface area (TPSA) is 87.0 Å². The SMILES string of the molecule is CCOc1cc(CNc2nccs2)ccc1Oc1nnnn1-c1ccccc1. The van der Waals surface area contributed by atoms with Crippen molar-refractivity contribution in [3.05, 3.63) is 65.7 Å². The minimum atomic E-state index is 0.265. The lowest BCUT2D eigenvalue weighted by Crippen LogP contribution is -2.03. The van der Waals surface area contributed by atoms with Crippen molar-refractivity contribution >= 4 is 16.5 Å². The van der Waals surface area contributed by atoms with Gasteiger partial charge < -0.3 is 14.8 Å². The monoisotopic (exact) mass is 394 g/mol. The average Bonchev–Trinajstić information content (AvgIpc) is 3.41. The summed E-state index contributed by atoms with van der Waals surface area (Å²) in [6, 6.07) is 15.6. The molecular formula is C19H18N6O2S. The first-order valence-corrected chi connectivity index (χ1v) is 9.62. The van der Waals surface area contributed by atoms with Gasteiger partial charge in [0, 0.05) is 18.1 Å². The Morgan fingerprint density at radius 2 is 2.00 bits per heavy atom. The van der Waals surface area contributed by atoms with E-state index in [-0.39, 0.29) is 6.01 Å². The smallest absolute Gasteiger partial charge is 0.346 e. The van der Waals surface area contributed by atoms with Gasteiger partial charge in [-0.2, -0.15) is 4.68 Å². The van der Waals surface area contributed by atoms with Gasteiger partial charge in [-0.05, 0) is 47.2 Å². The van der Waals surface area contributed by atoms with E-state index in [1.807, 2.05) is 60.8 Å². The Labute approximate surface area is 165 Å². The Kier molecular flexibility index (Phi) is 5.43. The zero-order valence-corrected chi connectivity index (χ0v) is 16.0. The zero-order valence-electron chi connectivity index (χ0n) is 15.1. The van der Waals surface area contributed by atoms with Gasteiger partial charge in [-0.3, -0.25) is 0 Å². The zero-order chi connectivity index (χ0) is 19.2.